The van der Waals surface area contributed by atoms with Gasteiger partial charge in [-0.2, -0.15) is 0 Å². The number of furan rings is 1. The number of amides is 1. The van der Waals surface area contributed by atoms with Gasteiger partial charge in [-0.3, -0.25) is 4.79 Å². The third kappa shape index (κ3) is 3.91. The molecule has 1 aliphatic rings. The SMILES string of the molecule is O=C(Oc1ccc(N2CCCC2=O)cc1)c1occc1COc1ccccc1. The Kier molecular flexibility index (Phi) is 5.10. The van der Waals surface area contributed by atoms with Gasteiger partial charge in [-0.1, -0.05) is 18.2 Å². The summed E-state index contributed by atoms with van der Waals surface area (Å²) in [7, 11) is 0. The van der Waals surface area contributed by atoms with E-state index in [1.54, 1.807) is 35.2 Å². The van der Waals surface area contributed by atoms with E-state index in [1.807, 2.05) is 30.3 Å². The maximum Gasteiger partial charge on any atom is 0.380 e. The van der Waals surface area contributed by atoms with Crippen LogP contribution in [0.3, 0.4) is 0 Å². The summed E-state index contributed by atoms with van der Waals surface area (Å²) in [6.07, 6.45) is 2.87. The van der Waals surface area contributed by atoms with Gasteiger partial charge in [-0.05, 0) is 48.9 Å². The van der Waals surface area contributed by atoms with Gasteiger partial charge in [-0.15, -0.1) is 0 Å². The Bertz CT molecular complexity index is 962. The van der Waals surface area contributed by atoms with Crippen molar-refractivity contribution >= 4 is 17.6 Å². The molecule has 1 aliphatic heterocycles. The lowest BCUT2D eigenvalue weighted by molar-refractivity contribution is -0.117. The van der Waals surface area contributed by atoms with Crippen LogP contribution in [0.25, 0.3) is 0 Å². The molecule has 2 heterocycles. The van der Waals surface area contributed by atoms with Crippen LogP contribution in [0.1, 0.15) is 29.0 Å². The Hall–Kier alpha value is -3.54. The maximum atomic E-state index is 12.5. The molecule has 1 aromatic heterocycles. The lowest BCUT2D eigenvalue weighted by Crippen LogP contribution is -2.23. The number of carbonyl (C=O) groups excluding carboxylic acids is 2. The van der Waals surface area contributed by atoms with Gasteiger partial charge in [0.15, 0.2) is 0 Å². The minimum Gasteiger partial charge on any atom is -0.489 e. The number of nitrogens with zero attached hydrogens (tertiary/aromatic N) is 1. The van der Waals surface area contributed by atoms with Gasteiger partial charge in [0.2, 0.25) is 11.7 Å². The van der Waals surface area contributed by atoms with Crippen LogP contribution < -0.4 is 14.4 Å². The molecule has 1 saturated heterocycles. The van der Waals surface area contributed by atoms with Crippen molar-refractivity contribution in [1.29, 1.82) is 0 Å². The van der Waals surface area contributed by atoms with Crippen LogP contribution in [0.2, 0.25) is 0 Å². The molecular weight excluding hydrogens is 358 g/mol. The Labute approximate surface area is 162 Å². The van der Waals surface area contributed by atoms with E-state index in [9.17, 15) is 9.59 Å². The lowest BCUT2D eigenvalue weighted by Gasteiger charge is -2.15. The first-order chi connectivity index (χ1) is 13.7. The van der Waals surface area contributed by atoms with Crippen LogP contribution in [0.5, 0.6) is 11.5 Å². The topological polar surface area (TPSA) is 69.0 Å². The maximum absolute atomic E-state index is 12.5. The highest BCUT2D eigenvalue weighted by Crippen LogP contribution is 2.25. The first kappa shape index (κ1) is 17.9. The van der Waals surface area contributed by atoms with Crippen molar-refractivity contribution in [3.63, 3.8) is 0 Å². The monoisotopic (exact) mass is 377 g/mol. The molecule has 142 valence electrons. The lowest BCUT2D eigenvalue weighted by atomic mass is 10.2. The molecule has 28 heavy (non-hydrogen) atoms. The Balaban J connectivity index is 1.40. The molecule has 2 aromatic carbocycles. The van der Waals surface area contributed by atoms with Crippen molar-refractivity contribution in [3.8, 4) is 11.5 Å². The van der Waals surface area contributed by atoms with Crippen molar-refractivity contribution in [3.05, 3.63) is 78.3 Å². The zero-order chi connectivity index (χ0) is 19.3. The van der Waals surface area contributed by atoms with E-state index in [2.05, 4.69) is 0 Å². The van der Waals surface area contributed by atoms with Crippen molar-refractivity contribution < 1.29 is 23.5 Å². The highest BCUT2D eigenvalue weighted by atomic mass is 16.5. The molecule has 0 bridgehead atoms. The first-order valence-electron chi connectivity index (χ1n) is 9.07. The van der Waals surface area contributed by atoms with Gasteiger partial charge >= 0.3 is 5.97 Å². The standard InChI is InChI=1S/C22H19NO5/c24-20-7-4-13-23(20)17-8-10-19(11-9-17)28-22(25)21-16(12-14-26-21)15-27-18-5-2-1-3-6-18/h1-3,5-6,8-12,14H,4,7,13,15H2. The van der Waals surface area contributed by atoms with Crippen LogP contribution in [-0.4, -0.2) is 18.4 Å². The van der Waals surface area contributed by atoms with E-state index < -0.39 is 5.97 Å². The number of para-hydroxylation sites is 1. The zero-order valence-electron chi connectivity index (χ0n) is 15.2. The first-order valence-corrected chi connectivity index (χ1v) is 9.07. The normalized spacial score (nSPS) is 13.6. The quantitative estimate of drug-likeness (QED) is 0.476. The molecule has 0 aliphatic carbocycles. The van der Waals surface area contributed by atoms with E-state index in [0.29, 0.717) is 23.5 Å². The van der Waals surface area contributed by atoms with Crippen LogP contribution in [-0.2, 0) is 11.4 Å². The smallest absolute Gasteiger partial charge is 0.380 e. The fraction of sp³-hybridized carbons (Fsp3) is 0.182. The van der Waals surface area contributed by atoms with Crippen LogP contribution in [0.4, 0.5) is 5.69 Å². The van der Waals surface area contributed by atoms with Crippen molar-refractivity contribution in [2.45, 2.75) is 19.4 Å². The highest BCUT2D eigenvalue weighted by Gasteiger charge is 2.22. The van der Waals surface area contributed by atoms with E-state index in [-0.39, 0.29) is 18.3 Å². The van der Waals surface area contributed by atoms with Gasteiger partial charge in [0.25, 0.3) is 0 Å². The summed E-state index contributed by atoms with van der Waals surface area (Å²) in [4.78, 5) is 26.0. The fourth-order valence-corrected chi connectivity index (χ4v) is 3.07. The van der Waals surface area contributed by atoms with Crippen LogP contribution >= 0.6 is 0 Å². The molecule has 0 radical (unpaired) electrons. The number of rotatable bonds is 6. The molecule has 0 unspecified atom stereocenters. The van der Waals surface area contributed by atoms with Gasteiger partial charge < -0.3 is 18.8 Å². The number of ether oxygens (including phenoxy) is 2. The number of benzene rings is 2. The molecule has 0 saturated carbocycles. The summed E-state index contributed by atoms with van der Waals surface area (Å²) in [6, 6.07) is 17.9. The Morgan fingerprint density at radius 3 is 2.50 bits per heavy atom. The van der Waals surface area contributed by atoms with Gasteiger partial charge in [-0.25, -0.2) is 4.79 Å². The van der Waals surface area contributed by atoms with Crippen molar-refractivity contribution in [2.75, 3.05) is 11.4 Å². The van der Waals surface area contributed by atoms with Crippen LogP contribution in [0.15, 0.2) is 71.3 Å². The van der Waals surface area contributed by atoms with E-state index in [1.165, 1.54) is 6.26 Å². The molecule has 3 aromatic rings. The molecule has 6 nitrogen and oxygen atoms in total. The highest BCUT2D eigenvalue weighted by molar-refractivity contribution is 5.95. The molecule has 0 spiro atoms. The third-order valence-corrected chi connectivity index (χ3v) is 4.50. The largest absolute Gasteiger partial charge is 0.489 e. The average molecular weight is 377 g/mol. The van der Waals surface area contributed by atoms with Gasteiger partial charge in [0.05, 0.1) is 6.26 Å². The van der Waals surface area contributed by atoms with Crippen molar-refractivity contribution in [2.24, 2.45) is 0 Å². The number of esters is 1. The second kappa shape index (κ2) is 8.00. The van der Waals surface area contributed by atoms with Crippen molar-refractivity contribution in [1.82, 2.24) is 0 Å². The fourth-order valence-electron chi connectivity index (χ4n) is 3.07. The summed E-state index contributed by atoms with van der Waals surface area (Å²) in [6.45, 7) is 0.913. The second-order valence-corrected chi connectivity index (χ2v) is 6.41. The summed E-state index contributed by atoms with van der Waals surface area (Å²) in [5.41, 5.74) is 1.41. The molecule has 0 N–H and O–H groups in total. The molecule has 1 fully saturated rings. The van der Waals surface area contributed by atoms with Gasteiger partial charge in [0.1, 0.15) is 18.1 Å². The second-order valence-electron chi connectivity index (χ2n) is 6.41. The molecule has 1 amide bonds. The number of hydrogen-bond donors (Lipinski definition) is 0. The number of hydrogen-bond acceptors (Lipinski definition) is 5. The van der Waals surface area contributed by atoms with Gasteiger partial charge in [0, 0.05) is 24.2 Å². The summed E-state index contributed by atoms with van der Waals surface area (Å²) in [5.74, 6) is 0.710. The Morgan fingerprint density at radius 2 is 1.79 bits per heavy atom. The van der Waals surface area contributed by atoms with Crippen LogP contribution in [0, 0.1) is 0 Å². The number of anilines is 1. The average Bonchev–Trinajstić information content (AvgIpc) is 3.37. The molecule has 4 rings (SSSR count). The molecular formula is C22H19NO5. The van der Waals surface area contributed by atoms with E-state index >= 15 is 0 Å². The number of carbonyl (C=O) groups is 2. The summed E-state index contributed by atoms with van der Waals surface area (Å²) >= 11 is 0. The summed E-state index contributed by atoms with van der Waals surface area (Å²) < 4.78 is 16.4. The summed E-state index contributed by atoms with van der Waals surface area (Å²) in [5, 5.41) is 0. The molecule has 6 heteroatoms. The van der Waals surface area contributed by atoms with E-state index in [4.69, 9.17) is 13.9 Å². The zero-order valence-corrected chi connectivity index (χ0v) is 15.2. The predicted molar refractivity (Wildman–Crippen MR) is 102 cm³/mol. The third-order valence-electron chi connectivity index (χ3n) is 4.50. The predicted octanol–water partition coefficient (Wildman–Crippen LogP) is 4.20. The minimum atomic E-state index is -0.596. The molecule has 0 atom stereocenters. The Morgan fingerprint density at radius 1 is 1.00 bits per heavy atom. The van der Waals surface area contributed by atoms with E-state index in [0.717, 1.165) is 18.7 Å². The minimum absolute atomic E-state index is 0.106.